The maximum absolute atomic E-state index is 12.8. The van der Waals surface area contributed by atoms with Crippen LogP contribution in [0, 0.1) is 5.82 Å². The Labute approximate surface area is 146 Å². The van der Waals surface area contributed by atoms with Gasteiger partial charge in [-0.1, -0.05) is 23.9 Å². The number of nitrogens with zero attached hydrogens (tertiary/aromatic N) is 2. The van der Waals surface area contributed by atoms with Crippen molar-refractivity contribution < 1.29 is 9.18 Å². The van der Waals surface area contributed by atoms with E-state index in [9.17, 15) is 9.18 Å². The molecule has 0 bridgehead atoms. The molecule has 1 unspecified atom stereocenters. The molecule has 4 nitrogen and oxygen atoms in total. The topological polar surface area (TPSA) is 44.7 Å². The average Bonchev–Trinajstić information content (AvgIpc) is 3.26. The number of benzene rings is 1. The third-order valence-corrected chi connectivity index (χ3v) is 5.12. The van der Waals surface area contributed by atoms with Crippen molar-refractivity contribution >= 4 is 35.2 Å². The van der Waals surface area contributed by atoms with Crippen LogP contribution in [0.4, 0.5) is 4.39 Å². The number of carbonyl (C=O) groups excluding carboxylic acids is 1. The summed E-state index contributed by atoms with van der Waals surface area (Å²) < 4.78 is 12.8. The summed E-state index contributed by atoms with van der Waals surface area (Å²) in [5.74, 6) is 0.669. The summed E-state index contributed by atoms with van der Waals surface area (Å²) in [5, 5.41) is 3.96. The van der Waals surface area contributed by atoms with Gasteiger partial charge in [0.2, 0.25) is 5.91 Å². The number of hydrogen-bond donors (Lipinski definition) is 1. The minimum Gasteiger partial charge on any atom is -0.352 e. The van der Waals surface area contributed by atoms with Crippen LogP contribution in [0.15, 0.2) is 29.3 Å². The fourth-order valence-corrected chi connectivity index (χ4v) is 3.57. The minimum atomic E-state index is -0.262. The number of thioether (sulfide) groups is 1. The Balaban J connectivity index is 0.00000192. The highest BCUT2D eigenvalue weighted by atomic mass is 35.5. The molecule has 1 amide bonds. The van der Waals surface area contributed by atoms with Crippen molar-refractivity contribution in [1.29, 1.82) is 0 Å². The summed E-state index contributed by atoms with van der Waals surface area (Å²) in [5.41, 5.74) is 0.903. The van der Waals surface area contributed by atoms with Crippen LogP contribution in [0.5, 0.6) is 0 Å². The van der Waals surface area contributed by atoms with Gasteiger partial charge in [-0.05, 0) is 30.5 Å². The van der Waals surface area contributed by atoms with Gasteiger partial charge in [-0.25, -0.2) is 4.39 Å². The molecule has 126 valence electrons. The summed E-state index contributed by atoms with van der Waals surface area (Å²) in [6.07, 6.45) is 2.86. The Morgan fingerprint density at radius 2 is 2.09 bits per heavy atom. The van der Waals surface area contributed by atoms with Crippen LogP contribution in [-0.2, 0) is 11.3 Å². The highest BCUT2D eigenvalue weighted by Crippen LogP contribution is 2.30. The first kappa shape index (κ1) is 18.1. The zero-order chi connectivity index (χ0) is 15.5. The van der Waals surface area contributed by atoms with Gasteiger partial charge in [0.05, 0.1) is 6.04 Å². The van der Waals surface area contributed by atoms with E-state index in [1.54, 1.807) is 23.9 Å². The van der Waals surface area contributed by atoms with Crippen LogP contribution in [0.1, 0.15) is 24.8 Å². The van der Waals surface area contributed by atoms with Gasteiger partial charge in [-0.3, -0.25) is 9.79 Å². The van der Waals surface area contributed by atoms with E-state index in [0.717, 1.165) is 16.5 Å². The van der Waals surface area contributed by atoms with E-state index in [1.807, 2.05) is 7.05 Å². The van der Waals surface area contributed by atoms with Crippen LogP contribution in [-0.4, -0.2) is 40.9 Å². The van der Waals surface area contributed by atoms with Crippen molar-refractivity contribution in [3.05, 3.63) is 35.6 Å². The van der Waals surface area contributed by atoms with E-state index in [2.05, 4.69) is 15.2 Å². The normalized spacial score (nSPS) is 22.1. The lowest BCUT2D eigenvalue weighted by Crippen LogP contribution is -2.35. The molecule has 0 aromatic heterocycles. The van der Waals surface area contributed by atoms with Gasteiger partial charge in [0, 0.05) is 31.8 Å². The molecule has 1 aliphatic carbocycles. The molecule has 7 heteroatoms. The van der Waals surface area contributed by atoms with Crippen molar-refractivity contribution in [3.63, 3.8) is 0 Å². The lowest BCUT2D eigenvalue weighted by molar-refractivity contribution is -0.121. The summed E-state index contributed by atoms with van der Waals surface area (Å²) in [6, 6.07) is 6.90. The lowest BCUT2D eigenvalue weighted by atomic mass is 10.2. The van der Waals surface area contributed by atoms with Crippen LogP contribution >= 0.6 is 24.2 Å². The first-order chi connectivity index (χ1) is 10.6. The summed E-state index contributed by atoms with van der Waals surface area (Å²) in [7, 11) is 2.01. The molecule has 2 aliphatic rings. The lowest BCUT2D eigenvalue weighted by Gasteiger charge is -2.20. The molecule has 3 rings (SSSR count). The van der Waals surface area contributed by atoms with E-state index in [4.69, 9.17) is 0 Å². The van der Waals surface area contributed by atoms with Gasteiger partial charge in [-0.15, -0.1) is 12.4 Å². The zero-order valence-corrected chi connectivity index (χ0v) is 14.6. The molecule has 1 saturated carbocycles. The Hall–Kier alpha value is -1.27. The zero-order valence-electron chi connectivity index (χ0n) is 13.0. The predicted molar refractivity (Wildman–Crippen MR) is 94.6 cm³/mol. The molecule has 23 heavy (non-hydrogen) atoms. The molecule has 1 aliphatic heterocycles. The van der Waals surface area contributed by atoms with Crippen LogP contribution in [0.2, 0.25) is 0 Å². The number of nitrogens with one attached hydrogen (secondary N) is 1. The molecule has 0 radical (unpaired) electrons. The molecule has 1 saturated heterocycles. The second kappa shape index (κ2) is 8.02. The van der Waals surface area contributed by atoms with Crippen LogP contribution in [0.25, 0.3) is 0 Å². The fraction of sp³-hybridized carbons (Fsp3) is 0.500. The summed E-state index contributed by atoms with van der Waals surface area (Å²) >= 11 is 1.74. The van der Waals surface area contributed by atoms with Gasteiger partial charge in [0.1, 0.15) is 5.82 Å². The third kappa shape index (κ3) is 5.11. The van der Waals surface area contributed by atoms with Crippen molar-refractivity contribution in [2.24, 2.45) is 4.99 Å². The Morgan fingerprint density at radius 1 is 1.39 bits per heavy atom. The minimum absolute atomic E-state index is 0. The van der Waals surface area contributed by atoms with Crippen molar-refractivity contribution in [2.75, 3.05) is 12.8 Å². The van der Waals surface area contributed by atoms with Gasteiger partial charge in [-0.2, -0.15) is 0 Å². The van der Waals surface area contributed by atoms with Gasteiger partial charge in [0.25, 0.3) is 0 Å². The molecule has 1 aromatic carbocycles. The second-order valence-corrected chi connectivity index (χ2v) is 6.81. The second-order valence-electron chi connectivity index (χ2n) is 5.83. The maximum atomic E-state index is 12.8. The SMILES string of the molecule is CN1/C(=N/C2CC2)SCC1CC(=O)NCc1ccc(F)cc1.Cl. The molecule has 1 heterocycles. The highest BCUT2D eigenvalue weighted by molar-refractivity contribution is 8.14. The smallest absolute Gasteiger partial charge is 0.222 e. The average molecular weight is 358 g/mol. The van der Waals surface area contributed by atoms with Gasteiger partial charge >= 0.3 is 0 Å². The van der Waals surface area contributed by atoms with Gasteiger partial charge < -0.3 is 10.2 Å². The molecule has 1 aromatic rings. The fourth-order valence-electron chi connectivity index (χ4n) is 2.31. The van der Waals surface area contributed by atoms with Gasteiger partial charge in [0.15, 0.2) is 5.17 Å². The molecule has 0 spiro atoms. The van der Waals surface area contributed by atoms with Crippen LogP contribution < -0.4 is 5.32 Å². The first-order valence-corrected chi connectivity index (χ1v) is 8.55. The van der Waals surface area contributed by atoms with E-state index in [1.165, 1.54) is 25.0 Å². The highest BCUT2D eigenvalue weighted by Gasteiger charge is 2.31. The molecular weight excluding hydrogens is 337 g/mol. The van der Waals surface area contributed by atoms with Crippen LogP contribution in [0.3, 0.4) is 0 Å². The maximum Gasteiger partial charge on any atom is 0.222 e. The summed E-state index contributed by atoms with van der Waals surface area (Å²) in [4.78, 5) is 18.9. The number of rotatable bonds is 5. The van der Waals surface area contributed by atoms with Crippen molar-refractivity contribution in [2.45, 2.75) is 37.9 Å². The monoisotopic (exact) mass is 357 g/mol. The molecule has 2 fully saturated rings. The number of hydrogen-bond acceptors (Lipinski definition) is 3. The number of amides is 1. The van der Waals surface area contributed by atoms with Crippen molar-refractivity contribution in [1.82, 2.24) is 10.2 Å². The number of carbonyl (C=O) groups is 1. The van der Waals surface area contributed by atoms with E-state index < -0.39 is 0 Å². The number of halogens is 2. The number of aliphatic imine (C=N–C) groups is 1. The Bertz CT molecular complexity index is 577. The Morgan fingerprint density at radius 3 is 2.74 bits per heavy atom. The van der Waals surface area contributed by atoms with E-state index >= 15 is 0 Å². The quantitative estimate of drug-likeness (QED) is 0.881. The third-order valence-electron chi connectivity index (χ3n) is 3.92. The molecule has 1 N–H and O–H groups in total. The predicted octanol–water partition coefficient (Wildman–Crippen LogP) is 2.82. The molecule has 1 atom stereocenters. The van der Waals surface area contributed by atoms with E-state index in [-0.39, 0.29) is 30.2 Å². The first-order valence-electron chi connectivity index (χ1n) is 7.56. The molecular formula is C16H21ClFN3OS. The Kier molecular flexibility index (Phi) is 6.30. The van der Waals surface area contributed by atoms with Crippen molar-refractivity contribution in [3.8, 4) is 0 Å². The van der Waals surface area contributed by atoms with E-state index in [0.29, 0.717) is 19.0 Å². The standard InChI is InChI=1S/C16H20FN3OS.ClH/c1-20-14(10-22-16(20)19-13-6-7-13)8-15(21)18-9-11-2-4-12(17)5-3-11;/h2-5,13-14H,6-10H2,1H3,(H,18,21);1H/b19-16-;. The largest absolute Gasteiger partial charge is 0.352 e. The summed E-state index contributed by atoms with van der Waals surface area (Å²) in [6.45, 7) is 0.436. The number of amidine groups is 1.